The van der Waals surface area contributed by atoms with Gasteiger partial charge in [-0.1, -0.05) is 30.7 Å². The van der Waals surface area contributed by atoms with E-state index in [4.69, 9.17) is 11.6 Å². The van der Waals surface area contributed by atoms with Crippen molar-refractivity contribution in [1.82, 2.24) is 15.5 Å². The number of benzene rings is 1. The molecule has 0 radical (unpaired) electrons. The van der Waals surface area contributed by atoms with Gasteiger partial charge in [-0.15, -0.1) is 0 Å². The average molecular weight is 298 g/mol. The van der Waals surface area contributed by atoms with Crippen LogP contribution >= 0.6 is 11.6 Å². The van der Waals surface area contributed by atoms with Crippen molar-refractivity contribution in [1.29, 1.82) is 0 Å². The van der Waals surface area contributed by atoms with Crippen LogP contribution in [-0.4, -0.2) is 37.0 Å². The summed E-state index contributed by atoms with van der Waals surface area (Å²) in [7, 11) is 1.81. The number of nitrogens with zero attached hydrogens (tertiary/aromatic N) is 1. The maximum Gasteiger partial charge on any atom is 0.321 e. The number of nitrogens with one attached hydrogen (secondary N) is 2. The zero-order valence-electron chi connectivity index (χ0n) is 11.8. The fraction of sp³-hybridized carbons (Fsp3) is 0.429. The molecule has 0 bridgehead atoms. The highest BCUT2D eigenvalue weighted by Gasteiger charge is 2.10. The van der Waals surface area contributed by atoms with Crippen LogP contribution < -0.4 is 10.6 Å². The lowest BCUT2D eigenvalue weighted by molar-refractivity contribution is -0.120. The van der Waals surface area contributed by atoms with Gasteiger partial charge in [-0.05, 0) is 31.2 Å². The third-order valence-corrected chi connectivity index (χ3v) is 2.78. The fourth-order valence-electron chi connectivity index (χ4n) is 1.70. The molecule has 3 amide bonds. The van der Waals surface area contributed by atoms with E-state index < -0.39 is 6.03 Å². The van der Waals surface area contributed by atoms with Crippen LogP contribution in [-0.2, 0) is 11.3 Å². The Morgan fingerprint density at radius 2 is 2.10 bits per heavy atom. The number of urea groups is 1. The lowest BCUT2D eigenvalue weighted by Gasteiger charge is -2.16. The molecule has 0 spiro atoms. The van der Waals surface area contributed by atoms with Crippen LogP contribution in [0, 0.1) is 0 Å². The van der Waals surface area contributed by atoms with Gasteiger partial charge in [-0.3, -0.25) is 15.0 Å². The summed E-state index contributed by atoms with van der Waals surface area (Å²) in [5.41, 5.74) is 1.02. The Balaban J connectivity index is 2.36. The molecule has 0 aromatic heterocycles. The molecule has 0 aliphatic heterocycles. The van der Waals surface area contributed by atoms with Crippen molar-refractivity contribution in [2.75, 3.05) is 20.1 Å². The molecule has 0 aliphatic carbocycles. The van der Waals surface area contributed by atoms with E-state index in [9.17, 15) is 9.59 Å². The molecule has 2 N–H and O–H groups in total. The molecule has 110 valence electrons. The van der Waals surface area contributed by atoms with Crippen LogP contribution in [0.15, 0.2) is 24.3 Å². The highest BCUT2D eigenvalue weighted by Crippen LogP contribution is 2.11. The number of carbonyl (C=O) groups excluding carboxylic acids is 2. The molecule has 0 aliphatic rings. The van der Waals surface area contributed by atoms with Crippen molar-refractivity contribution >= 4 is 23.5 Å². The molecule has 1 aromatic rings. The maximum atomic E-state index is 11.6. The van der Waals surface area contributed by atoms with Crippen molar-refractivity contribution in [3.8, 4) is 0 Å². The van der Waals surface area contributed by atoms with Crippen LogP contribution in [0.4, 0.5) is 4.79 Å². The van der Waals surface area contributed by atoms with E-state index in [1.807, 2.05) is 37.1 Å². The minimum absolute atomic E-state index is 0.145. The van der Waals surface area contributed by atoms with Crippen molar-refractivity contribution in [2.24, 2.45) is 0 Å². The van der Waals surface area contributed by atoms with Gasteiger partial charge in [0.1, 0.15) is 0 Å². The summed E-state index contributed by atoms with van der Waals surface area (Å²) in [6.07, 6.45) is 0.830. The van der Waals surface area contributed by atoms with Gasteiger partial charge in [-0.25, -0.2) is 4.79 Å². The Bertz CT molecular complexity index is 465. The lowest BCUT2D eigenvalue weighted by Crippen LogP contribution is -2.43. The largest absolute Gasteiger partial charge is 0.338 e. The van der Waals surface area contributed by atoms with E-state index in [-0.39, 0.29) is 12.5 Å². The summed E-state index contributed by atoms with van der Waals surface area (Å²) in [6.45, 7) is 3.23. The quantitative estimate of drug-likeness (QED) is 0.844. The number of rotatable bonds is 6. The molecular formula is C14H20ClN3O2. The van der Waals surface area contributed by atoms with Crippen molar-refractivity contribution in [3.63, 3.8) is 0 Å². The number of hydrogen-bond acceptors (Lipinski definition) is 3. The molecule has 0 fully saturated rings. The van der Waals surface area contributed by atoms with E-state index in [1.54, 1.807) is 6.07 Å². The second-order valence-electron chi connectivity index (χ2n) is 4.61. The molecule has 20 heavy (non-hydrogen) atoms. The predicted molar refractivity (Wildman–Crippen MR) is 79.6 cm³/mol. The summed E-state index contributed by atoms with van der Waals surface area (Å²) in [5.74, 6) is -0.330. The third-order valence-electron chi connectivity index (χ3n) is 2.54. The van der Waals surface area contributed by atoms with Gasteiger partial charge in [0.25, 0.3) is 0 Å². The van der Waals surface area contributed by atoms with Crippen molar-refractivity contribution in [3.05, 3.63) is 34.9 Å². The van der Waals surface area contributed by atoms with Crippen LogP contribution in [0.2, 0.25) is 5.02 Å². The fourth-order valence-corrected chi connectivity index (χ4v) is 1.91. The number of halogens is 1. The molecule has 1 aromatic carbocycles. The number of carbonyl (C=O) groups is 2. The van der Waals surface area contributed by atoms with Gasteiger partial charge < -0.3 is 5.32 Å². The standard InChI is InChI=1S/C14H20ClN3O2/c1-3-7-16-14(20)17-13(19)10-18(2)9-11-5-4-6-12(15)8-11/h4-6,8H,3,7,9-10H2,1-2H3,(H2,16,17,19,20). The first kappa shape index (κ1) is 16.5. The first-order chi connectivity index (χ1) is 9.51. The molecule has 0 unspecified atom stereocenters. The second-order valence-corrected chi connectivity index (χ2v) is 5.04. The van der Waals surface area contributed by atoms with Gasteiger partial charge in [0, 0.05) is 18.1 Å². The van der Waals surface area contributed by atoms with Crippen LogP contribution in [0.5, 0.6) is 0 Å². The molecule has 0 heterocycles. The van der Waals surface area contributed by atoms with Gasteiger partial charge in [-0.2, -0.15) is 0 Å². The SMILES string of the molecule is CCCNC(=O)NC(=O)CN(C)Cc1cccc(Cl)c1. The van der Waals surface area contributed by atoms with Crippen molar-refractivity contribution < 1.29 is 9.59 Å². The van der Waals surface area contributed by atoms with Gasteiger partial charge in [0.05, 0.1) is 6.54 Å². The molecular weight excluding hydrogens is 278 g/mol. The Labute approximate surface area is 124 Å². The van der Waals surface area contributed by atoms with Crippen LogP contribution in [0.25, 0.3) is 0 Å². The zero-order valence-corrected chi connectivity index (χ0v) is 12.5. The predicted octanol–water partition coefficient (Wildman–Crippen LogP) is 2.01. The topological polar surface area (TPSA) is 61.4 Å². The normalized spacial score (nSPS) is 10.4. The smallest absolute Gasteiger partial charge is 0.321 e. The molecule has 1 rings (SSSR count). The highest BCUT2D eigenvalue weighted by molar-refractivity contribution is 6.30. The maximum absolute atomic E-state index is 11.6. The molecule has 0 saturated heterocycles. The summed E-state index contributed by atoms with van der Waals surface area (Å²) in [4.78, 5) is 24.8. The van der Waals surface area contributed by atoms with E-state index >= 15 is 0 Å². The molecule has 5 nitrogen and oxygen atoms in total. The summed E-state index contributed by atoms with van der Waals surface area (Å²) in [5, 5.41) is 5.54. The minimum atomic E-state index is -0.451. The first-order valence-electron chi connectivity index (χ1n) is 6.52. The zero-order chi connectivity index (χ0) is 15.0. The summed E-state index contributed by atoms with van der Waals surface area (Å²) < 4.78 is 0. The number of imide groups is 1. The van der Waals surface area contributed by atoms with E-state index in [0.717, 1.165) is 12.0 Å². The Kier molecular flexibility index (Phi) is 7.04. The van der Waals surface area contributed by atoms with Gasteiger partial charge in [0.2, 0.25) is 5.91 Å². The van der Waals surface area contributed by atoms with Crippen molar-refractivity contribution in [2.45, 2.75) is 19.9 Å². The van der Waals surface area contributed by atoms with Crippen LogP contribution in [0.1, 0.15) is 18.9 Å². The molecule has 0 atom stereocenters. The molecule has 6 heteroatoms. The highest BCUT2D eigenvalue weighted by atomic mass is 35.5. The third kappa shape index (κ3) is 6.54. The van der Waals surface area contributed by atoms with Crippen LogP contribution in [0.3, 0.4) is 0 Å². The van der Waals surface area contributed by atoms with E-state index in [2.05, 4.69) is 10.6 Å². The number of hydrogen-bond donors (Lipinski definition) is 2. The lowest BCUT2D eigenvalue weighted by atomic mass is 10.2. The van der Waals surface area contributed by atoms with Gasteiger partial charge >= 0.3 is 6.03 Å². The average Bonchev–Trinajstić information content (AvgIpc) is 2.35. The Morgan fingerprint density at radius 1 is 1.35 bits per heavy atom. The molecule has 0 saturated carbocycles. The first-order valence-corrected chi connectivity index (χ1v) is 6.89. The monoisotopic (exact) mass is 297 g/mol. The second kappa shape index (κ2) is 8.55. The number of amides is 3. The van der Waals surface area contributed by atoms with Gasteiger partial charge in [0.15, 0.2) is 0 Å². The number of likely N-dealkylation sites (N-methyl/N-ethyl adjacent to an activating group) is 1. The van der Waals surface area contributed by atoms with E-state index in [0.29, 0.717) is 18.1 Å². The summed E-state index contributed by atoms with van der Waals surface area (Å²) in [6, 6.07) is 7.01. The van der Waals surface area contributed by atoms with E-state index in [1.165, 1.54) is 0 Å². The minimum Gasteiger partial charge on any atom is -0.338 e. The Hall–Kier alpha value is -1.59. The summed E-state index contributed by atoms with van der Waals surface area (Å²) >= 11 is 5.90. The Morgan fingerprint density at radius 3 is 2.75 bits per heavy atom.